The van der Waals surface area contributed by atoms with Gasteiger partial charge in [0.25, 0.3) is 0 Å². The highest BCUT2D eigenvalue weighted by molar-refractivity contribution is 5.74. The quantitative estimate of drug-likeness (QED) is 0.593. The molecular formula is C23H36N6O2. The summed E-state index contributed by atoms with van der Waals surface area (Å²) in [4.78, 5) is 30.6. The zero-order valence-corrected chi connectivity index (χ0v) is 19.5. The molecule has 0 bridgehead atoms. The fourth-order valence-corrected chi connectivity index (χ4v) is 6.02. The van der Waals surface area contributed by atoms with E-state index in [0.717, 1.165) is 51.9 Å². The molecule has 2 saturated carbocycles. The van der Waals surface area contributed by atoms with Gasteiger partial charge < -0.3 is 19.6 Å². The Hall–Kier alpha value is -2.48. The predicted molar refractivity (Wildman–Crippen MR) is 117 cm³/mol. The molecule has 4 rings (SSSR count). The fourth-order valence-electron chi connectivity index (χ4n) is 6.02. The minimum Gasteiger partial charge on any atom is -0.331 e. The van der Waals surface area contributed by atoms with E-state index in [9.17, 15) is 9.59 Å². The van der Waals surface area contributed by atoms with Gasteiger partial charge in [-0.15, -0.1) is 0 Å². The Balaban J connectivity index is 0.000000176. The molecule has 4 amide bonds. The molecule has 170 valence electrons. The Morgan fingerprint density at radius 2 is 1.19 bits per heavy atom. The van der Waals surface area contributed by atoms with Crippen LogP contribution in [0, 0.1) is 57.7 Å². The van der Waals surface area contributed by atoms with Crippen LogP contribution >= 0.6 is 0 Å². The van der Waals surface area contributed by atoms with E-state index in [4.69, 9.17) is 10.5 Å². The van der Waals surface area contributed by atoms with Crippen LogP contribution < -0.4 is 0 Å². The summed E-state index contributed by atoms with van der Waals surface area (Å²) in [7, 11) is 7.15. The summed E-state index contributed by atoms with van der Waals surface area (Å²) in [5.41, 5.74) is -0.150. The van der Waals surface area contributed by atoms with Gasteiger partial charge in [-0.25, -0.2) is 9.59 Å². The molecule has 4 fully saturated rings. The molecular weight excluding hydrogens is 392 g/mol. The lowest BCUT2D eigenvalue weighted by atomic mass is 9.89. The van der Waals surface area contributed by atoms with Crippen molar-refractivity contribution >= 4 is 12.1 Å². The number of urea groups is 2. The first-order valence-corrected chi connectivity index (χ1v) is 11.3. The number of nitrogens with zero attached hydrogens (tertiary/aromatic N) is 6. The van der Waals surface area contributed by atoms with Gasteiger partial charge in [-0.05, 0) is 56.3 Å². The number of hydrogen-bond acceptors (Lipinski definition) is 4. The minimum atomic E-state index is -0.150. The van der Waals surface area contributed by atoms with Crippen molar-refractivity contribution < 1.29 is 9.59 Å². The van der Waals surface area contributed by atoms with E-state index >= 15 is 0 Å². The Labute approximate surface area is 186 Å². The zero-order chi connectivity index (χ0) is 22.9. The standard InChI is InChI=1S/C12H19N3O.C11H17N3O/c1-12(8-13)4-9-6-15(7-10(9)5-12)11(16)14(2)3;1-13(2)11(15)14-6-9-3-8(5-12)4-10(9)7-14/h9-10H,4-7H2,1-3H3;8-10H,3-4,6-7H2,1-2H3. The third-order valence-corrected chi connectivity index (χ3v) is 7.51. The normalized spacial score (nSPS) is 35.4. The third-order valence-electron chi connectivity index (χ3n) is 7.51. The average Bonchev–Trinajstić information content (AvgIpc) is 3.44. The largest absolute Gasteiger partial charge is 0.331 e. The van der Waals surface area contributed by atoms with Crippen molar-refractivity contribution in [1.82, 2.24) is 19.6 Å². The van der Waals surface area contributed by atoms with Crippen molar-refractivity contribution in [2.24, 2.45) is 35.0 Å². The van der Waals surface area contributed by atoms with Crippen molar-refractivity contribution in [2.75, 3.05) is 54.4 Å². The van der Waals surface area contributed by atoms with Gasteiger partial charge in [0.1, 0.15) is 0 Å². The van der Waals surface area contributed by atoms with Crippen LogP contribution in [0.25, 0.3) is 0 Å². The van der Waals surface area contributed by atoms with Crippen molar-refractivity contribution in [3.63, 3.8) is 0 Å². The van der Waals surface area contributed by atoms with Crippen LogP contribution in [-0.2, 0) is 0 Å². The summed E-state index contributed by atoms with van der Waals surface area (Å²) in [5.74, 6) is 2.44. The SMILES string of the molecule is CN(C)C(=O)N1CC2CC(C#N)CC2C1.CN(C)C(=O)N1CC2CC(C)(C#N)CC2C1. The number of hydrogen-bond donors (Lipinski definition) is 0. The Morgan fingerprint density at radius 3 is 1.52 bits per heavy atom. The van der Waals surface area contributed by atoms with E-state index in [1.54, 1.807) is 38.0 Å². The molecule has 2 aliphatic carbocycles. The smallest absolute Gasteiger partial charge is 0.319 e. The number of nitriles is 2. The van der Waals surface area contributed by atoms with Crippen molar-refractivity contribution in [2.45, 2.75) is 32.6 Å². The molecule has 2 heterocycles. The van der Waals surface area contributed by atoms with Gasteiger partial charge in [-0.3, -0.25) is 0 Å². The fraction of sp³-hybridized carbons (Fsp3) is 0.826. The highest BCUT2D eigenvalue weighted by Gasteiger charge is 2.48. The molecule has 0 spiro atoms. The molecule has 0 aromatic heterocycles. The second kappa shape index (κ2) is 8.94. The van der Waals surface area contributed by atoms with Crippen molar-refractivity contribution in [3.05, 3.63) is 0 Å². The molecule has 2 saturated heterocycles. The number of rotatable bonds is 0. The van der Waals surface area contributed by atoms with E-state index < -0.39 is 0 Å². The first-order valence-electron chi connectivity index (χ1n) is 11.3. The Bertz CT molecular complexity index is 754. The lowest BCUT2D eigenvalue weighted by Gasteiger charge is -2.24. The minimum absolute atomic E-state index is 0.105. The van der Waals surface area contributed by atoms with Crippen LogP contribution in [0.3, 0.4) is 0 Å². The summed E-state index contributed by atoms with van der Waals surface area (Å²) in [6.45, 7) is 5.40. The Kier molecular flexibility index (Phi) is 6.69. The van der Waals surface area contributed by atoms with Gasteiger partial charge in [0.2, 0.25) is 0 Å². The van der Waals surface area contributed by atoms with Crippen LogP contribution in [0.1, 0.15) is 32.6 Å². The lowest BCUT2D eigenvalue weighted by Crippen LogP contribution is -2.38. The maximum Gasteiger partial charge on any atom is 0.319 e. The number of amides is 4. The van der Waals surface area contributed by atoms with E-state index in [1.165, 1.54) is 0 Å². The summed E-state index contributed by atoms with van der Waals surface area (Å²) >= 11 is 0. The van der Waals surface area contributed by atoms with Gasteiger partial charge in [0.05, 0.1) is 17.6 Å². The van der Waals surface area contributed by atoms with Crippen molar-refractivity contribution in [3.8, 4) is 12.1 Å². The molecule has 4 unspecified atom stereocenters. The van der Waals surface area contributed by atoms with Crippen LogP contribution in [-0.4, -0.2) is 86.0 Å². The highest BCUT2D eigenvalue weighted by atomic mass is 16.2. The molecule has 4 atom stereocenters. The van der Waals surface area contributed by atoms with Gasteiger partial charge in [0.15, 0.2) is 0 Å². The molecule has 8 nitrogen and oxygen atoms in total. The molecule has 0 aromatic carbocycles. The van der Waals surface area contributed by atoms with Crippen LogP contribution in [0.2, 0.25) is 0 Å². The van der Waals surface area contributed by atoms with Gasteiger partial charge in [0, 0.05) is 60.3 Å². The van der Waals surface area contributed by atoms with Gasteiger partial charge >= 0.3 is 12.1 Å². The predicted octanol–water partition coefficient (Wildman–Crippen LogP) is 2.69. The van der Waals surface area contributed by atoms with Crippen LogP contribution in [0.5, 0.6) is 0 Å². The van der Waals surface area contributed by atoms with E-state index in [1.807, 2.05) is 16.7 Å². The topological polar surface area (TPSA) is 94.7 Å². The highest BCUT2D eigenvalue weighted by Crippen LogP contribution is 2.48. The molecule has 2 aliphatic heterocycles. The number of carbonyl (C=O) groups is 2. The lowest BCUT2D eigenvalue weighted by molar-refractivity contribution is 0.175. The van der Waals surface area contributed by atoms with E-state index in [-0.39, 0.29) is 23.4 Å². The maximum atomic E-state index is 11.8. The van der Waals surface area contributed by atoms with E-state index in [2.05, 4.69) is 12.1 Å². The number of carbonyl (C=O) groups excluding carboxylic acids is 2. The van der Waals surface area contributed by atoms with E-state index in [0.29, 0.717) is 23.7 Å². The van der Waals surface area contributed by atoms with Crippen LogP contribution in [0.4, 0.5) is 9.59 Å². The first kappa shape index (κ1) is 23.2. The summed E-state index contributed by atoms with van der Waals surface area (Å²) < 4.78 is 0. The number of fused-ring (bicyclic) bond motifs is 2. The molecule has 0 radical (unpaired) electrons. The number of likely N-dealkylation sites (tertiary alicyclic amines) is 2. The molecule has 0 N–H and O–H groups in total. The summed E-state index contributed by atoms with van der Waals surface area (Å²) in [5, 5.41) is 18.0. The van der Waals surface area contributed by atoms with Crippen molar-refractivity contribution in [1.29, 1.82) is 10.5 Å². The second-order valence-corrected chi connectivity index (χ2v) is 10.6. The monoisotopic (exact) mass is 428 g/mol. The third kappa shape index (κ3) is 4.89. The van der Waals surface area contributed by atoms with Gasteiger partial charge in [-0.2, -0.15) is 10.5 Å². The van der Waals surface area contributed by atoms with Gasteiger partial charge in [-0.1, -0.05) is 0 Å². The maximum absolute atomic E-state index is 11.8. The molecule has 4 aliphatic rings. The summed E-state index contributed by atoms with van der Waals surface area (Å²) in [6, 6.07) is 4.98. The molecule has 0 aromatic rings. The average molecular weight is 429 g/mol. The Morgan fingerprint density at radius 1 is 0.806 bits per heavy atom. The summed E-state index contributed by atoms with van der Waals surface area (Å²) in [6.07, 6.45) is 3.87. The molecule has 31 heavy (non-hydrogen) atoms. The second-order valence-electron chi connectivity index (χ2n) is 10.6. The molecule has 8 heteroatoms. The first-order chi connectivity index (χ1) is 14.6. The van der Waals surface area contributed by atoms with Crippen LogP contribution in [0.15, 0.2) is 0 Å². The zero-order valence-electron chi connectivity index (χ0n) is 19.5.